The summed E-state index contributed by atoms with van der Waals surface area (Å²) < 4.78 is 18.3. The van der Waals surface area contributed by atoms with Gasteiger partial charge in [0.2, 0.25) is 7.37 Å². The first-order chi connectivity index (χ1) is 10.0. The molecule has 1 atom stereocenters. The lowest BCUT2D eigenvalue weighted by Crippen LogP contribution is -2.13. The van der Waals surface area contributed by atoms with E-state index in [9.17, 15) is 14.5 Å². The quantitative estimate of drug-likeness (QED) is 0.495. The molecular formula is C16H29O4P. The Labute approximate surface area is 128 Å². The van der Waals surface area contributed by atoms with E-state index in [-0.39, 0.29) is 11.7 Å². The van der Waals surface area contributed by atoms with E-state index in [1.807, 2.05) is 19.9 Å². The Hall–Kier alpha value is -0.600. The third-order valence-electron chi connectivity index (χ3n) is 3.99. The second kappa shape index (κ2) is 9.42. The highest BCUT2D eigenvalue weighted by atomic mass is 31.2. The van der Waals surface area contributed by atoms with Crippen LogP contribution in [0.3, 0.4) is 0 Å². The van der Waals surface area contributed by atoms with E-state index < -0.39 is 13.3 Å². The van der Waals surface area contributed by atoms with Crippen LogP contribution < -0.4 is 0 Å². The Kier molecular flexibility index (Phi) is 8.28. The molecule has 1 aliphatic rings. The number of carboxylic acids is 1. The standard InChI is InChI=1S/C16H29O4P/c1-3-5-11-21(19,20-4-2)13-15(16(17)18)12-14-9-7-6-8-10-14/h12,14H,3-11,13H2,1-2H3,(H,17,18)/b15-12+. The van der Waals surface area contributed by atoms with Gasteiger partial charge >= 0.3 is 5.97 Å². The molecule has 0 saturated heterocycles. The van der Waals surface area contributed by atoms with E-state index in [1.165, 1.54) is 6.42 Å². The molecule has 1 unspecified atom stereocenters. The lowest BCUT2D eigenvalue weighted by molar-refractivity contribution is -0.132. The molecule has 0 aromatic heterocycles. The van der Waals surface area contributed by atoms with Gasteiger partial charge in [-0.05, 0) is 32.1 Å². The van der Waals surface area contributed by atoms with Gasteiger partial charge in [0, 0.05) is 11.7 Å². The van der Waals surface area contributed by atoms with Crippen LogP contribution in [0, 0.1) is 5.92 Å². The average Bonchev–Trinajstić information content (AvgIpc) is 2.46. The summed E-state index contributed by atoms with van der Waals surface area (Å²) in [4.78, 5) is 11.5. The smallest absolute Gasteiger partial charge is 0.331 e. The van der Waals surface area contributed by atoms with Gasteiger partial charge in [0.25, 0.3) is 0 Å². The van der Waals surface area contributed by atoms with Gasteiger partial charge in [-0.2, -0.15) is 0 Å². The van der Waals surface area contributed by atoms with Crippen LogP contribution in [0.1, 0.15) is 58.8 Å². The summed E-state index contributed by atoms with van der Waals surface area (Å²) in [6.45, 7) is 4.22. The monoisotopic (exact) mass is 316 g/mol. The molecule has 4 nitrogen and oxygen atoms in total. The average molecular weight is 316 g/mol. The summed E-state index contributed by atoms with van der Waals surface area (Å²) in [6, 6.07) is 0. The Morgan fingerprint density at radius 3 is 2.48 bits per heavy atom. The van der Waals surface area contributed by atoms with Crippen molar-refractivity contribution in [1.29, 1.82) is 0 Å². The second-order valence-electron chi connectivity index (χ2n) is 5.86. The molecule has 1 rings (SSSR count). The van der Waals surface area contributed by atoms with Crippen molar-refractivity contribution in [3.05, 3.63) is 11.6 Å². The number of hydrogen-bond acceptors (Lipinski definition) is 3. The number of rotatable bonds is 9. The first-order valence-electron chi connectivity index (χ1n) is 8.17. The van der Waals surface area contributed by atoms with Crippen LogP contribution in [0.2, 0.25) is 0 Å². The maximum atomic E-state index is 12.8. The number of carbonyl (C=O) groups is 1. The molecule has 0 amide bonds. The van der Waals surface area contributed by atoms with Crippen molar-refractivity contribution in [3.8, 4) is 0 Å². The van der Waals surface area contributed by atoms with Crippen LogP contribution >= 0.6 is 7.37 Å². The maximum Gasteiger partial charge on any atom is 0.331 e. The number of carboxylic acid groups (broad SMARTS) is 1. The van der Waals surface area contributed by atoms with Crippen LogP contribution in [0.4, 0.5) is 0 Å². The van der Waals surface area contributed by atoms with Gasteiger partial charge in [0.15, 0.2) is 0 Å². The number of allylic oxidation sites excluding steroid dienone is 1. The lowest BCUT2D eigenvalue weighted by Gasteiger charge is -2.21. The molecule has 0 radical (unpaired) electrons. The molecule has 1 fully saturated rings. The number of unbranched alkanes of at least 4 members (excludes halogenated alkanes) is 1. The predicted molar refractivity (Wildman–Crippen MR) is 86.2 cm³/mol. The van der Waals surface area contributed by atoms with Crippen LogP contribution in [-0.4, -0.2) is 30.0 Å². The van der Waals surface area contributed by atoms with Gasteiger partial charge in [-0.25, -0.2) is 4.79 Å². The number of aliphatic carboxylic acids is 1. The first kappa shape index (κ1) is 18.4. The summed E-state index contributed by atoms with van der Waals surface area (Å²) in [5.41, 5.74) is 0.287. The largest absolute Gasteiger partial charge is 0.478 e. The third-order valence-corrected chi connectivity index (χ3v) is 6.54. The minimum Gasteiger partial charge on any atom is -0.478 e. The highest BCUT2D eigenvalue weighted by molar-refractivity contribution is 7.59. The van der Waals surface area contributed by atoms with Crippen LogP contribution in [0.15, 0.2) is 11.6 Å². The summed E-state index contributed by atoms with van der Waals surface area (Å²) in [5, 5.41) is 9.42. The van der Waals surface area contributed by atoms with Crippen molar-refractivity contribution < 1.29 is 19.0 Å². The topological polar surface area (TPSA) is 63.6 Å². The summed E-state index contributed by atoms with van der Waals surface area (Å²) in [5.74, 6) is -0.622. The van der Waals surface area contributed by atoms with Crippen molar-refractivity contribution in [1.82, 2.24) is 0 Å². The van der Waals surface area contributed by atoms with Crippen molar-refractivity contribution in [2.45, 2.75) is 58.8 Å². The van der Waals surface area contributed by atoms with Gasteiger partial charge in [-0.1, -0.05) is 38.7 Å². The first-order valence-corrected chi connectivity index (χ1v) is 10.2. The Morgan fingerprint density at radius 1 is 1.29 bits per heavy atom. The molecule has 5 heteroatoms. The van der Waals surface area contributed by atoms with E-state index in [4.69, 9.17) is 4.52 Å². The summed E-state index contributed by atoms with van der Waals surface area (Å²) in [7, 11) is -2.86. The van der Waals surface area contributed by atoms with Gasteiger partial charge in [-0.15, -0.1) is 0 Å². The molecule has 0 heterocycles. The van der Waals surface area contributed by atoms with Crippen LogP contribution in [-0.2, 0) is 13.9 Å². The van der Waals surface area contributed by atoms with Crippen molar-refractivity contribution in [3.63, 3.8) is 0 Å². The highest BCUT2D eigenvalue weighted by Gasteiger charge is 2.27. The Balaban J connectivity index is 2.80. The zero-order chi connectivity index (χ0) is 15.7. The Bertz CT molecular complexity index is 397. The lowest BCUT2D eigenvalue weighted by atomic mass is 9.88. The fourth-order valence-electron chi connectivity index (χ4n) is 2.86. The fourth-order valence-corrected chi connectivity index (χ4v) is 5.27. The minimum atomic E-state index is -2.86. The van der Waals surface area contributed by atoms with E-state index in [0.29, 0.717) is 18.7 Å². The molecule has 21 heavy (non-hydrogen) atoms. The van der Waals surface area contributed by atoms with Gasteiger partial charge in [0.1, 0.15) is 0 Å². The zero-order valence-electron chi connectivity index (χ0n) is 13.3. The van der Waals surface area contributed by atoms with Gasteiger partial charge in [0.05, 0.1) is 12.8 Å². The molecular weight excluding hydrogens is 287 g/mol. The van der Waals surface area contributed by atoms with Crippen LogP contribution in [0.5, 0.6) is 0 Å². The maximum absolute atomic E-state index is 12.8. The zero-order valence-corrected chi connectivity index (χ0v) is 14.2. The van der Waals surface area contributed by atoms with Gasteiger partial charge < -0.3 is 9.63 Å². The van der Waals surface area contributed by atoms with E-state index >= 15 is 0 Å². The van der Waals surface area contributed by atoms with E-state index in [0.717, 1.165) is 38.5 Å². The Morgan fingerprint density at radius 2 is 1.95 bits per heavy atom. The number of hydrogen-bond donors (Lipinski definition) is 1. The molecule has 1 saturated carbocycles. The highest BCUT2D eigenvalue weighted by Crippen LogP contribution is 2.49. The van der Waals surface area contributed by atoms with E-state index in [1.54, 1.807) is 0 Å². The minimum absolute atomic E-state index is 0.0761. The molecule has 0 aromatic carbocycles. The van der Waals surface area contributed by atoms with Crippen molar-refractivity contribution in [2.24, 2.45) is 5.92 Å². The normalized spacial score (nSPS) is 20.2. The molecule has 1 N–H and O–H groups in total. The summed E-state index contributed by atoms with van der Waals surface area (Å²) >= 11 is 0. The van der Waals surface area contributed by atoms with E-state index in [2.05, 4.69) is 0 Å². The predicted octanol–water partition coefficient (Wildman–Crippen LogP) is 4.69. The molecule has 0 bridgehead atoms. The molecule has 0 spiro atoms. The second-order valence-corrected chi connectivity index (χ2v) is 8.51. The summed E-state index contributed by atoms with van der Waals surface area (Å²) in [6.07, 6.45) is 9.80. The molecule has 0 aromatic rings. The molecule has 0 aliphatic heterocycles. The fraction of sp³-hybridized carbons (Fsp3) is 0.812. The van der Waals surface area contributed by atoms with Gasteiger partial charge in [-0.3, -0.25) is 4.57 Å². The van der Waals surface area contributed by atoms with Crippen molar-refractivity contribution in [2.75, 3.05) is 18.9 Å². The third kappa shape index (κ3) is 6.80. The SMILES string of the molecule is CCCCP(=O)(C/C(=C\C1CCCCC1)C(=O)O)OCC. The molecule has 122 valence electrons. The van der Waals surface area contributed by atoms with Crippen LogP contribution in [0.25, 0.3) is 0 Å². The molecule has 1 aliphatic carbocycles. The van der Waals surface area contributed by atoms with Crippen molar-refractivity contribution >= 4 is 13.3 Å².